The molecule has 5 N–H and O–H groups in total. The first-order valence-electron chi connectivity index (χ1n) is 13.7. The molecule has 0 saturated heterocycles. The van der Waals surface area contributed by atoms with Crippen LogP contribution in [0.5, 0.6) is 11.5 Å². The molecule has 232 valence electrons. The number of halogens is 2. The average molecular weight is 642 g/mol. The molecule has 5 aromatic rings. The Bertz CT molecular complexity index is 1770. The lowest BCUT2D eigenvalue weighted by molar-refractivity contribution is -0.143. The fourth-order valence-corrected chi connectivity index (χ4v) is 5.66. The van der Waals surface area contributed by atoms with Gasteiger partial charge in [0.25, 0.3) is 0 Å². The number of aromatic amines is 2. The predicted molar refractivity (Wildman–Crippen MR) is 172 cm³/mol. The van der Waals surface area contributed by atoms with Crippen LogP contribution in [0.4, 0.5) is 0 Å². The maximum absolute atomic E-state index is 12.3. The third-order valence-corrected chi connectivity index (χ3v) is 7.75. The third-order valence-electron chi connectivity index (χ3n) is 7.75. The summed E-state index contributed by atoms with van der Waals surface area (Å²) in [7, 11) is 2.77. The fourth-order valence-electron chi connectivity index (χ4n) is 5.66. The Hall–Kier alpha value is -4.22. The summed E-state index contributed by atoms with van der Waals surface area (Å²) in [5.74, 6) is 0.824. The minimum absolute atomic E-state index is 0. The quantitative estimate of drug-likeness (QED) is 0.202. The zero-order valence-electron chi connectivity index (χ0n) is 24.1. The van der Waals surface area contributed by atoms with E-state index in [4.69, 9.17) is 19.9 Å². The van der Waals surface area contributed by atoms with Gasteiger partial charge in [-0.2, -0.15) is 0 Å². The molecular formula is C32H34Cl2N4O6. The van der Waals surface area contributed by atoms with Crippen LogP contribution in [0.1, 0.15) is 28.4 Å². The number of H-pyrrole nitrogens is 2. The molecule has 44 heavy (non-hydrogen) atoms. The number of para-hydroxylation sites is 2. The number of nitrogens with two attached hydrogens (primary N) is 1. The van der Waals surface area contributed by atoms with E-state index < -0.39 is 12.1 Å². The van der Waals surface area contributed by atoms with Crippen molar-refractivity contribution in [3.05, 3.63) is 95.3 Å². The van der Waals surface area contributed by atoms with E-state index in [0.717, 1.165) is 55.7 Å². The highest BCUT2D eigenvalue weighted by Crippen LogP contribution is 2.39. The highest BCUT2D eigenvalue weighted by Gasteiger charge is 2.35. The first kappa shape index (κ1) is 32.7. The topological polar surface area (TPSA) is 141 Å². The van der Waals surface area contributed by atoms with Gasteiger partial charge in [0.1, 0.15) is 12.1 Å². The normalized spacial score (nSPS) is 16.9. The van der Waals surface area contributed by atoms with Gasteiger partial charge in [0.15, 0.2) is 11.5 Å². The van der Waals surface area contributed by atoms with Crippen molar-refractivity contribution in [2.75, 3.05) is 21.0 Å². The van der Waals surface area contributed by atoms with Crippen molar-refractivity contribution in [3.63, 3.8) is 0 Å². The van der Waals surface area contributed by atoms with Gasteiger partial charge in [-0.25, -0.2) is 0 Å². The van der Waals surface area contributed by atoms with Crippen LogP contribution < -0.4 is 20.5 Å². The molecule has 0 radical (unpaired) electrons. The van der Waals surface area contributed by atoms with Gasteiger partial charge in [-0.15, -0.1) is 24.8 Å². The van der Waals surface area contributed by atoms with Crippen molar-refractivity contribution in [3.8, 4) is 11.5 Å². The standard InChI is InChI=1S/C20H18N2O4.C12H14N2O2.2ClH/c1-24-20(23)15-9-13-12-4-2-3-5-14(12)21-19(13)18(22-15)11-6-7-16-17(8-11)26-10-25-16;1-16-12(15)10(13)6-8-7-14-11-5-3-2-4-9(8)11;;/h2-8,15,18,21-22H,9-10H2,1H3;2-5,7,10,14H,6,13H2,1H3;2*1H/t15-,18-;10-;;/m11../s1. The zero-order valence-corrected chi connectivity index (χ0v) is 25.8. The molecule has 3 aromatic carbocycles. The molecule has 0 unspecified atom stereocenters. The van der Waals surface area contributed by atoms with Crippen molar-refractivity contribution in [1.29, 1.82) is 0 Å². The Morgan fingerprint density at radius 3 is 2.39 bits per heavy atom. The molecule has 7 rings (SSSR count). The monoisotopic (exact) mass is 640 g/mol. The Labute approximate surface area is 266 Å². The van der Waals surface area contributed by atoms with Gasteiger partial charge < -0.3 is 34.6 Å². The number of hydrogen-bond acceptors (Lipinski definition) is 8. The molecule has 4 heterocycles. The first-order valence-corrected chi connectivity index (χ1v) is 13.7. The minimum atomic E-state index is -0.607. The van der Waals surface area contributed by atoms with Crippen LogP contribution in [0.2, 0.25) is 0 Å². The molecule has 0 aliphatic carbocycles. The molecule has 12 heteroatoms. The summed E-state index contributed by atoms with van der Waals surface area (Å²) < 4.78 is 20.5. The Morgan fingerprint density at radius 2 is 1.64 bits per heavy atom. The van der Waals surface area contributed by atoms with Crippen molar-refractivity contribution in [2.24, 2.45) is 5.73 Å². The van der Waals surface area contributed by atoms with E-state index in [1.165, 1.54) is 14.2 Å². The van der Waals surface area contributed by atoms with E-state index in [2.05, 4.69) is 32.2 Å². The highest BCUT2D eigenvalue weighted by molar-refractivity contribution is 5.88. The zero-order chi connectivity index (χ0) is 29.2. The lowest BCUT2D eigenvalue weighted by atomic mass is 9.90. The number of nitrogens with one attached hydrogen (secondary N) is 3. The molecule has 3 atom stereocenters. The SMILES string of the molecule is COC(=O)[C@H](N)Cc1c[nH]c2ccccc12.COC(=O)[C@H]1Cc2c([nH]c3ccccc23)[C@@H](c2ccc3c(c2)OCO3)N1.Cl.Cl. The molecule has 0 spiro atoms. The number of aromatic nitrogens is 2. The van der Waals surface area contributed by atoms with Crippen LogP contribution in [-0.4, -0.2) is 55.0 Å². The maximum atomic E-state index is 12.3. The van der Waals surface area contributed by atoms with Crippen LogP contribution in [0.15, 0.2) is 72.9 Å². The van der Waals surface area contributed by atoms with E-state index in [-0.39, 0.29) is 49.6 Å². The van der Waals surface area contributed by atoms with E-state index in [1.807, 2.05) is 60.8 Å². The molecular weight excluding hydrogens is 607 g/mol. The Kier molecular flexibility index (Phi) is 10.4. The van der Waals surface area contributed by atoms with E-state index in [0.29, 0.717) is 12.8 Å². The van der Waals surface area contributed by atoms with Gasteiger partial charge in [0.05, 0.1) is 20.3 Å². The number of fused-ring (bicyclic) bond motifs is 5. The summed E-state index contributed by atoms with van der Waals surface area (Å²) in [5, 5.41) is 5.67. The number of hydrogen-bond donors (Lipinski definition) is 4. The van der Waals surface area contributed by atoms with Crippen LogP contribution in [0, 0.1) is 0 Å². The van der Waals surface area contributed by atoms with E-state index in [9.17, 15) is 9.59 Å². The van der Waals surface area contributed by atoms with Gasteiger partial charge in [-0.1, -0.05) is 42.5 Å². The minimum Gasteiger partial charge on any atom is -0.468 e. The van der Waals surface area contributed by atoms with Crippen LogP contribution >= 0.6 is 24.8 Å². The Balaban J connectivity index is 0.000000214. The smallest absolute Gasteiger partial charge is 0.323 e. The summed E-state index contributed by atoms with van der Waals surface area (Å²) in [4.78, 5) is 30.1. The van der Waals surface area contributed by atoms with Crippen LogP contribution in [0.3, 0.4) is 0 Å². The second kappa shape index (κ2) is 14.0. The van der Waals surface area contributed by atoms with Gasteiger partial charge >= 0.3 is 11.9 Å². The molecule has 0 fully saturated rings. The molecule has 0 amide bonds. The number of carbonyl (C=O) groups is 2. The summed E-state index contributed by atoms with van der Waals surface area (Å²) in [5.41, 5.74) is 12.1. The van der Waals surface area contributed by atoms with Gasteiger partial charge in [-0.05, 0) is 41.0 Å². The fraction of sp³-hybridized carbons (Fsp3) is 0.250. The predicted octanol–water partition coefficient (Wildman–Crippen LogP) is 4.73. The second-order valence-electron chi connectivity index (χ2n) is 10.2. The molecule has 0 bridgehead atoms. The molecule has 2 aliphatic heterocycles. The molecule has 10 nitrogen and oxygen atoms in total. The van der Waals surface area contributed by atoms with Crippen LogP contribution in [0.25, 0.3) is 21.8 Å². The second-order valence-corrected chi connectivity index (χ2v) is 10.2. The van der Waals surface area contributed by atoms with Crippen LogP contribution in [-0.2, 0) is 31.9 Å². The van der Waals surface area contributed by atoms with Gasteiger partial charge in [-0.3, -0.25) is 14.9 Å². The average Bonchev–Trinajstić information content (AvgIpc) is 3.77. The summed E-state index contributed by atoms with van der Waals surface area (Å²) >= 11 is 0. The van der Waals surface area contributed by atoms with Crippen molar-refractivity contribution >= 4 is 58.6 Å². The summed E-state index contributed by atoms with van der Waals surface area (Å²) in [6, 6.07) is 20.8. The number of benzene rings is 3. The summed E-state index contributed by atoms with van der Waals surface area (Å²) in [6.07, 6.45) is 2.96. The van der Waals surface area contributed by atoms with Crippen molar-refractivity contribution in [1.82, 2.24) is 15.3 Å². The number of ether oxygens (including phenoxy) is 4. The highest BCUT2D eigenvalue weighted by atomic mass is 35.5. The first-order chi connectivity index (χ1) is 20.5. The third kappa shape index (κ3) is 6.34. The largest absolute Gasteiger partial charge is 0.468 e. The maximum Gasteiger partial charge on any atom is 0.323 e. The lowest BCUT2D eigenvalue weighted by Gasteiger charge is -2.30. The van der Waals surface area contributed by atoms with Crippen molar-refractivity contribution in [2.45, 2.75) is 31.0 Å². The summed E-state index contributed by atoms with van der Waals surface area (Å²) in [6.45, 7) is 0.235. The number of rotatable bonds is 5. The molecule has 2 aromatic heterocycles. The Morgan fingerprint density at radius 1 is 0.932 bits per heavy atom. The van der Waals surface area contributed by atoms with E-state index >= 15 is 0 Å². The number of esters is 2. The van der Waals surface area contributed by atoms with Gasteiger partial charge in [0, 0.05) is 46.5 Å². The molecule has 2 aliphatic rings. The van der Waals surface area contributed by atoms with E-state index in [1.54, 1.807) is 0 Å². The van der Waals surface area contributed by atoms with Gasteiger partial charge in [0.2, 0.25) is 6.79 Å². The lowest BCUT2D eigenvalue weighted by Crippen LogP contribution is -2.45. The number of methoxy groups -OCH3 is 2. The molecule has 0 saturated carbocycles. The van der Waals surface area contributed by atoms with Crippen molar-refractivity contribution < 1.29 is 28.5 Å². The number of carbonyl (C=O) groups excluding carboxylic acids is 2.